The molecule has 0 saturated heterocycles. The van der Waals surface area contributed by atoms with E-state index in [0.29, 0.717) is 12.8 Å². The Labute approximate surface area is 122 Å². The molecule has 1 saturated carbocycles. The third kappa shape index (κ3) is 4.39. The molecule has 1 aliphatic carbocycles. The van der Waals surface area contributed by atoms with Gasteiger partial charge in [-0.05, 0) is 44.7 Å². The van der Waals surface area contributed by atoms with E-state index in [1.165, 1.54) is 6.07 Å². The lowest BCUT2D eigenvalue weighted by atomic mass is 9.96. The molecule has 0 heterocycles. The van der Waals surface area contributed by atoms with Gasteiger partial charge in [0.15, 0.2) is 11.6 Å². The molecule has 2 rings (SSSR count). The monoisotopic (exact) mass is 299 g/mol. The number of benzene rings is 1. The Morgan fingerprint density at radius 2 is 2.19 bits per heavy atom. The van der Waals surface area contributed by atoms with E-state index < -0.39 is 23.1 Å². The van der Waals surface area contributed by atoms with Crippen molar-refractivity contribution in [3.05, 3.63) is 29.8 Å². The maximum absolute atomic E-state index is 13.3. The number of aliphatic carboxylic acids is 1. The van der Waals surface area contributed by atoms with E-state index in [1.54, 1.807) is 6.92 Å². The predicted octanol–water partition coefficient (Wildman–Crippen LogP) is 2.72. The van der Waals surface area contributed by atoms with Crippen LogP contribution in [0.1, 0.15) is 32.6 Å². The van der Waals surface area contributed by atoms with Crippen LogP contribution < -0.4 is 10.1 Å². The van der Waals surface area contributed by atoms with E-state index in [9.17, 15) is 18.7 Å². The van der Waals surface area contributed by atoms with Crippen molar-refractivity contribution in [3.63, 3.8) is 0 Å². The first-order valence-electron chi connectivity index (χ1n) is 7.00. The first kappa shape index (κ1) is 15.7. The quantitative estimate of drug-likeness (QED) is 0.725. The Bertz CT molecular complexity index is 520. The van der Waals surface area contributed by atoms with Crippen LogP contribution in [0.3, 0.4) is 0 Å². The summed E-state index contributed by atoms with van der Waals surface area (Å²) in [6.45, 7) is 1.82. The van der Waals surface area contributed by atoms with Crippen molar-refractivity contribution in [1.29, 1.82) is 0 Å². The van der Waals surface area contributed by atoms with Gasteiger partial charge in [0.05, 0.1) is 6.61 Å². The van der Waals surface area contributed by atoms with Crippen LogP contribution in [0.25, 0.3) is 0 Å². The Kier molecular flexibility index (Phi) is 4.77. The number of carboxylic acid groups (broad SMARTS) is 1. The maximum atomic E-state index is 13.3. The minimum absolute atomic E-state index is 0.0245. The molecule has 1 aromatic carbocycles. The van der Waals surface area contributed by atoms with Crippen molar-refractivity contribution in [2.75, 3.05) is 6.61 Å². The van der Waals surface area contributed by atoms with E-state index in [0.717, 1.165) is 25.0 Å². The average Bonchev–Trinajstić information content (AvgIpc) is 3.20. The highest BCUT2D eigenvalue weighted by Gasteiger charge is 2.37. The SMILES string of the molecule is CC(CCCOc1ccc(F)cc1F)(NC1CC1)C(=O)O. The zero-order valence-electron chi connectivity index (χ0n) is 11.9. The van der Waals surface area contributed by atoms with Gasteiger partial charge in [0.25, 0.3) is 0 Å². The van der Waals surface area contributed by atoms with Crippen LogP contribution in [-0.4, -0.2) is 29.3 Å². The molecule has 0 aliphatic heterocycles. The first-order valence-corrected chi connectivity index (χ1v) is 7.00. The van der Waals surface area contributed by atoms with Crippen LogP contribution in [0.2, 0.25) is 0 Å². The van der Waals surface area contributed by atoms with Gasteiger partial charge in [-0.2, -0.15) is 0 Å². The molecular formula is C15H19F2NO3. The van der Waals surface area contributed by atoms with Gasteiger partial charge in [0.1, 0.15) is 11.4 Å². The van der Waals surface area contributed by atoms with Crippen molar-refractivity contribution < 1.29 is 23.4 Å². The van der Waals surface area contributed by atoms with Crippen LogP contribution in [-0.2, 0) is 4.79 Å². The third-order valence-corrected chi connectivity index (χ3v) is 3.54. The Balaban J connectivity index is 1.80. The number of carboxylic acids is 1. The summed E-state index contributed by atoms with van der Waals surface area (Å²) in [6.07, 6.45) is 2.83. The van der Waals surface area contributed by atoms with E-state index >= 15 is 0 Å². The predicted molar refractivity (Wildman–Crippen MR) is 73.3 cm³/mol. The molecule has 1 aliphatic rings. The van der Waals surface area contributed by atoms with Gasteiger partial charge >= 0.3 is 5.97 Å². The fourth-order valence-electron chi connectivity index (χ4n) is 2.12. The minimum Gasteiger partial charge on any atom is -0.491 e. The molecule has 0 bridgehead atoms. The molecular weight excluding hydrogens is 280 g/mol. The highest BCUT2D eigenvalue weighted by Crippen LogP contribution is 2.25. The Morgan fingerprint density at radius 1 is 1.48 bits per heavy atom. The fourth-order valence-corrected chi connectivity index (χ4v) is 2.12. The summed E-state index contributed by atoms with van der Waals surface area (Å²) in [5, 5.41) is 12.4. The highest BCUT2D eigenvalue weighted by molar-refractivity contribution is 5.78. The molecule has 0 aromatic heterocycles. The summed E-state index contributed by atoms with van der Waals surface area (Å²) in [5.74, 6) is -2.34. The smallest absolute Gasteiger partial charge is 0.323 e. The first-order chi connectivity index (χ1) is 9.90. The van der Waals surface area contributed by atoms with Gasteiger partial charge < -0.3 is 9.84 Å². The van der Waals surface area contributed by atoms with Gasteiger partial charge in [0.2, 0.25) is 0 Å². The van der Waals surface area contributed by atoms with Crippen molar-refractivity contribution in [2.45, 2.75) is 44.2 Å². The molecule has 1 unspecified atom stereocenters. The summed E-state index contributed by atoms with van der Waals surface area (Å²) in [4.78, 5) is 11.3. The number of carbonyl (C=O) groups is 1. The number of nitrogens with one attached hydrogen (secondary N) is 1. The zero-order chi connectivity index (χ0) is 15.5. The molecule has 0 amide bonds. The van der Waals surface area contributed by atoms with Crippen LogP contribution in [0.4, 0.5) is 8.78 Å². The maximum Gasteiger partial charge on any atom is 0.323 e. The number of halogens is 2. The second-order valence-corrected chi connectivity index (χ2v) is 5.58. The summed E-state index contributed by atoms with van der Waals surface area (Å²) < 4.78 is 31.3. The van der Waals surface area contributed by atoms with Gasteiger partial charge in [-0.25, -0.2) is 8.78 Å². The van der Waals surface area contributed by atoms with E-state index in [1.807, 2.05) is 0 Å². The van der Waals surface area contributed by atoms with Crippen molar-refractivity contribution >= 4 is 5.97 Å². The van der Waals surface area contributed by atoms with Crippen LogP contribution in [0, 0.1) is 11.6 Å². The molecule has 2 N–H and O–H groups in total. The molecule has 1 atom stereocenters. The lowest BCUT2D eigenvalue weighted by Gasteiger charge is -2.26. The summed E-state index contributed by atoms with van der Waals surface area (Å²) in [5.41, 5.74) is -0.994. The number of hydrogen-bond acceptors (Lipinski definition) is 3. The number of rotatable bonds is 8. The summed E-state index contributed by atoms with van der Waals surface area (Å²) >= 11 is 0. The summed E-state index contributed by atoms with van der Waals surface area (Å²) in [7, 11) is 0. The van der Waals surface area contributed by atoms with Crippen molar-refractivity contribution in [3.8, 4) is 5.75 Å². The molecule has 6 heteroatoms. The zero-order valence-corrected chi connectivity index (χ0v) is 11.9. The number of ether oxygens (including phenoxy) is 1. The van der Waals surface area contributed by atoms with E-state index in [2.05, 4.69) is 5.32 Å². The molecule has 0 spiro atoms. The normalized spacial score (nSPS) is 17.3. The minimum atomic E-state index is -0.994. The molecule has 4 nitrogen and oxygen atoms in total. The van der Waals surface area contributed by atoms with Crippen LogP contribution >= 0.6 is 0 Å². The van der Waals surface area contributed by atoms with Gasteiger partial charge in [0, 0.05) is 12.1 Å². The fraction of sp³-hybridized carbons (Fsp3) is 0.533. The van der Waals surface area contributed by atoms with Crippen molar-refractivity contribution in [1.82, 2.24) is 5.32 Å². The highest BCUT2D eigenvalue weighted by atomic mass is 19.1. The second-order valence-electron chi connectivity index (χ2n) is 5.58. The standard InChI is InChI=1S/C15H19F2NO3/c1-15(14(19)20,18-11-4-5-11)7-2-8-21-13-6-3-10(16)9-12(13)17/h3,6,9,11,18H,2,4-5,7-8H2,1H3,(H,19,20). The molecule has 1 aromatic rings. The Morgan fingerprint density at radius 3 is 2.76 bits per heavy atom. The topological polar surface area (TPSA) is 58.6 Å². The van der Waals surface area contributed by atoms with Crippen LogP contribution in [0.5, 0.6) is 5.75 Å². The van der Waals surface area contributed by atoms with E-state index in [4.69, 9.17) is 4.74 Å². The van der Waals surface area contributed by atoms with Gasteiger partial charge in [-0.1, -0.05) is 0 Å². The van der Waals surface area contributed by atoms with E-state index in [-0.39, 0.29) is 18.4 Å². The lowest BCUT2D eigenvalue weighted by Crippen LogP contribution is -2.50. The van der Waals surface area contributed by atoms with Crippen LogP contribution in [0.15, 0.2) is 18.2 Å². The molecule has 0 radical (unpaired) electrons. The average molecular weight is 299 g/mol. The molecule has 116 valence electrons. The summed E-state index contributed by atoms with van der Waals surface area (Å²) in [6, 6.07) is 3.38. The lowest BCUT2D eigenvalue weighted by molar-refractivity contribution is -0.144. The Hall–Kier alpha value is -1.69. The molecule has 1 fully saturated rings. The third-order valence-electron chi connectivity index (χ3n) is 3.54. The van der Waals surface area contributed by atoms with Gasteiger partial charge in [-0.15, -0.1) is 0 Å². The largest absolute Gasteiger partial charge is 0.491 e. The van der Waals surface area contributed by atoms with Crippen molar-refractivity contribution in [2.24, 2.45) is 0 Å². The van der Waals surface area contributed by atoms with Gasteiger partial charge in [-0.3, -0.25) is 10.1 Å². The number of hydrogen-bond donors (Lipinski definition) is 2. The molecule has 21 heavy (non-hydrogen) atoms. The second kappa shape index (κ2) is 6.39.